The second-order valence-corrected chi connectivity index (χ2v) is 10.2. The normalized spacial score (nSPS) is 29.6. The minimum atomic E-state index is 0.617. The van der Waals surface area contributed by atoms with Crippen LogP contribution >= 0.6 is 45.7 Å². The molecule has 106 valence electrons. The van der Waals surface area contributed by atoms with Gasteiger partial charge in [0.05, 0.1) is 0 Å². The molecule has 0 saturated heterocycles. The number of rotatable bonds is 1. The number of nitrogens with zero attached hydrogens (tertiary/aromatic N) is 3. The molecule has 3 nitrogen and oxygen atoms in total. The van der Waals surface area contributed by atoms with Crippen molar-refractivity contribution in [3.63, 3.8) is 0 Å². The average molecular weight is 654 g/mol. The molecule has 0 atom stereocenters. The Balaban J connectivity index is 0.000000138. The molecule has 0 amide bonds. The van der Waals surface area contributed by atoms with Gasteiger partial charge >= 0.3 is 58.8 Å². The summed E-state index contributed by atoms with van der Waals surface area (Å²) in [7, 11) is 4.06. The zero-order chi connectivity index (χ0) is 13.3. The largest absolute Gasteiger partial charge is 0.182 e. The van der Waals surface area contributed by atoms with E-state index in [1.165, 1.54) is 35.9 Å². The Morgan fingerprint density at radius 1 is 1.22 bits per heavy atom. The Morgan fingerprint density at radius 2 is 1.72 bits per heavy atom. The van der Waals surface area contributed by atoms with Crippen molar-refractivity contribution in [3.05, 3.63) is 16.2 Å². The van der Waals surface area contributed by atoms with Gasteiger partial charge in [-0.25, -0.2) is 0 Å². The first-order chi connectivity index (χ1) is 8.44. The Hall–Kier alpha value is 1.32. The Morgan fingerprint density at radius 3 is 1.89 bits per heavy atom. The van der Waals surface area contributed by atoms with E-state index in [0.29, 0.717) is 5.54 Å². The van der Waals surface area contributed by atoms with E-state index < -0.39 is 0 Å². The predicted octanol–water partition coefficient (Wildman–Crippen LogP) is 3.76. The van der Waals surface area contributed by atoms with Gasteiger partial charge in [-0.05, 0) is 38.0 Å². The van der Waals surface area contributed by atoms with Crippen LogP contribution in [0, 0.1) is 9.72 Å². The summed E-state index contributed by atoms with van der Waals surface area (Å²) in [4.78, 5) is 0. The maximum absolute atomic E-state index is 2.44. The molecule has 2 aliphatic rings. The van der Waals surface area contributed by atoms with Gasteiger partial charge in [0, 0.05) is 51.3 Å². The van der Waals surface area contributed by atoms with Gasteiger partial charge in [-0.2, -0.15) is 1.33 Å². The van der Waals surface area contributed by atoms with E-state index in [4.69, 9.17) is 0 Å². The van der Waals surface area contributed by atoms with Gasteiger partial charge in [-0.3, -0.25) is 0 Å². The predicted molar refractivity (Wildman–Crippen MR) is 86.8 cm³/mol. The van der Waals surface area contributed by atoms with Crippen LogP contribution in [-0.4, -0.2) is 16.0 Å². The van der Waals surface area contributed by atoms with Gasteiger partial charge < -0.3 is 0 Å². The van der Waals surface area contributed by atoms with Crippen molar-refractivity contribution in [2.45, 2.75) is 37.6 Å². The van der Waals surface area contributed by atoms with E-state index in [9.17, 15) is 0 Å². The molecule has 0 radical (unpaired) electrons. The van der Waals surface area contributed by atoms with Crippen LogP contribution in [0.25, 0.3) is 0 Å². The molecular weight excluding hydrogens is 635 g/mol. The number of aromatic nitrogens is 2. The Kier molecular flexibility index (Phi) is 5.58. The van der Waals surface area contributed by atoms with E-state index >= 15 is 0 Å². The first-order valence-corrected chi connectivity index (χ1v) is 9.26. The standard InChI is InChI=1S/C7H11I2N.C5H8N2.Pt/c8-10(9)7-3-1-6(5-7)2-4-7;1-6-3-4-7(2)5-6;/h6H,1-5H2;3-4H,1-2H3;/t6-,7+;;. The van der Waals surface area contributed by atoms with Gasteiger partial charge in [0.25, 0.3) is 0 Å². The third-order valence-corrected chi connectivity index (χ3v) is 7.77. The molecule has 1 heterocycles. The Bertz CT molecular complexity index is 436. The third kappa shape index (κ3) is 3.31. The number of fused-ring (bicyclic) bond motifs is 2. The van der Waals surface area contributed by atoms with Crippen LogP contribution in [0.1, 0.15) is 32.1 Å². The summed E-state index contributed by atoms with van der Waals surface area (Å²) in [6.45, 7) is 0. The van der Waals surface area contributed by atoms with Crippen LogP contribution in [0.15, 0.2) is 12.4 Å². The molecule has 0 aromatic carbocycles. The number of aryl methyl sites for hydroxylation is 2. The van der Waals surface area contributed by atoms with E-state index in [2.05, 4.69) is 75.5 Å². The van der Waals surface area contributed by atoms with E-state index in [1.54, 1.807) is 0 Å². The SMILES string of the molecule is Cn1ccn(C)[c]1=[Pt].IN(I)[C@]12CC[C@@H](CC1)C2. The molecule has 1 aromatic heterocycles. The number of hydrogen-bond acceptors (Lipinski definition) is 1. The summed E-state index contributed by atoms with van der Waals surface area (Å²) in [6.07, 6.45) is 11.4. The molecular formula is C12H19I2N3Pt. The fraction of sp³-hybridized carbons (Fsp3) is 0.750. The first-order valence-electron chi connectivity index (χ1n) is 6.20. The molecule has 18 heavy (non-hydrogen) atoms. The van der Waals surface area contributed by atoms with Gasteiger partial charge in [0.1, 0.15) is 0 Å². The van der Waals surface area contributed by atoms with Crippen molar-refractivity contribution < 1.29 is 19.4 Å². The smallest absolute Gasteiger partial charge is 0.0411 e. The molecule has 0 unspecified atom stereocenters. The summed E-state index contributed by atoms with van der Waals surface area (Å²) in [5.74, 6) is 1.08. The van der Waals surface area contributed by atoms with Crippen molar-refractivity contribution >= 4 is 45.7 Å². The zero-order valence-electron chi connectivity index (χ0n) is 10.7. The van der Waals surface area contributed by atoms with Gasteiger partial charge in [-0.1, -0.05) is 0 Å². The summed E-state index contributed by atoms with van der Waals surface area (Å²) in [5.41, 5.74) is 0.617. The van der Waals surface area contributed by atoms with Gasteiger partial charge in [-0.15, -0.1) is 0 Å². The van der Waals surface area contributed by atoms with Crippen LogP contribution in [-0.2, 0) is 33.4 Å². The molecule has 0 N–H and O–H groups in total. The monoisotopic (exact) mass is 654 g/mol. The summed E-state index contributed by atoms with van der Waals surface area (Å²) < 4.78 is 7.78. The van der Waals surface area contributed by atoms with Gasteiger partial charge in [0.15, 0.2) is 0 Å². The van der Waals surface area contributed by atoms with E-state index in [0.717, 1.165) is 5.92 Å². The van der Waals surface area contributed by atoms with Crippen molar-refractivity contribution in [2.24, 2.45) is 20.0 Å². The molecule has 3 rings (SSSR count). The summed E-state index contributed by atoms with van der Waals surface area (Å²) >= 11 is 7.16. The molecule has 2 saturated carbocycles. The molecule has 6 heteroatoms. The fourth-order valence-electron chi connectivity index (χ4n) is 2.96. The van der Waals surface area contributed by atoms with Crippen LogP contribution < -0.4 is 0 Å². The Labute approximate surface area is 148 Å². The summed E-state index contributed by atoms with van der Waals surface area (Å²) in [6, 6.07) is 0. The van der Waals surface area contributed by atoms with Crippen LogP contribution in [0.5, 0.6) is 0 Å². The van der Waals surface area contributed by atoms with Crippen molar-refractivity contribution in [1.82, 2.24) is 10.5 Å². The first kappa shape index (κ1) is 15.7. The maximum atomic E-state index is 2.44. The second-order valence-electron chi connectivity index (χ2n) is 5.37. The number of imidazole rings is 1. The molecule has 1 aromatic rings. The number of halogens is 2. The minimum absolute atomic E-state index is 0.617. The van der Waals surface area contributed by atoms with Crippen LogP contribution in [0.3, 0.4) is 0 Å². The van der Waals surface area contributed by atoms with Crippen molar-refractivity contribution in [1.29, 1.82) is 0 Å². The molecule has 2 bridgehead atoms. The minimum Gasteiger partial charge on any atom is -0.182 e. The number of hydrogen-bond donors (Lipinski definition) is 0. The van der Waals surface area contributed by atoms with Gasteiger partial charge in [0.2, 0.25) is 0 Å². The van der Waals surface area contributed by atoms with E-state index in [1.807, 2.05) is 26.5 Å². The molecule has 2 aliphatic carbocycles. The molecule has 0 aliphatic heterocycles. The third-order valence-electron chi connectivity index (χ3n) is 4.12. The van der Waals surface area contributed by atoms with E-state index in [-0.39, 0.29) is 0 Å². The molecule has 0 spiro atoms. The second kappa shape index (κ2) is 6.39. The van der Waals surface area contributed by atoms with Crippen molar-refractivity contribution in [3.8, 4) is 0 Å². The van der Waals surface area contributed by atoms with Crippen LogP contribution in [0.4, 0.5) is 0 Å². The topological polar surface area (TPSA) is 13.1 Å². The molecule has 2 fully saturated rings. The zero-order valence-corrected chi connectivity index (χ0v) is 17.3. The quantitative estimate of drug-likeness (QED) is 0.333. The summed E-state index contributed by atoms with van der Waals surface area (Å²) in [5, 5.41) is 0. The fourth-order valence-corrected chi connectivity index (χ4v) is 4.66. The van der Waals surface area contributed by atoms with Crippen LogP contribution in [0.2, 0.25) is 0 Å². The maximum Gasteiger partial charge on any atom is 0.0411 e. The van der Waals surface area contributed by atoms with Crippen molar-refractivity contribution in [2.75, 3.05) is 0 Å². The average Bonchev–Trinajstić information content (AvgIpc) is 3.03.